The van der Waals surface area contributed by atoms with Crippen LogP contribution in [0.25, 0.3) is 0 Å². The molecule has 0 spiro atoms. The fourth-order valence-electron chi connectivity index (χ4n) is 0.498. The number of rotatable bonds is 2. The SMILES string of the molecule is C=C(C)C(=[OH+])C(C)=C(C)[OH2+].[Fe].[Fe]. The first kappa shape index (κ1) is 17.9. The van der Waals surface area contributed by atoms with E-state index < -0.39 is 0 Å². The minimum Gasteiger partial charge on any atom is -0.596 e. The van der Waals surface area contributed by atoms with Crippen molar-refractivity contribution in [2.45, 2.75) is 20.8 Å². The second-order valence-corrected chi connectivity index (χ2v) is 2.38. The average Bonchev–Trinajstić information content (AvgIpc) is 1.84. The summed E-state index contributed by atoms with van der Waals surface area (Å²) in [5.74, 6) is 0.507. The van der Waals surface area contributed by atoms with E-state index in [0.29, 0.717) is 16.9 Å². The van der Waals surface area contributed by atoms with Gasteiger partial charge in [0.25, 0.3) is 0 Å². The molecule has 4 heteroatoms. The molecule has 0 saturated carbocycles. The molecular weight excluding hydrogens is 240 g/mol. The zero-order valence-corrected chi connectivity index (χ0v) is 9.57. The second kappa shape index (κ2) is 7.63. The Bertz CT molecular complexity index is 203. The molecule has 0 aromatic heterocycles. The molecule has 0 heterocycles. The Morgan fingerprint density at radius 3 is 1.58 bits per heavy atom. The summed E-state index contributed by atoms with van der Waals surface area (Å²) < 4.78 is 0. The molecule has 0 bridgehead atoms. The van der Waals surface area contributed by atoms with E-state index in [-0.39, 0.29) is 39.9 Å². The maximum Gasteiger partial charge on any atom is 0.353 e. The molecule has 0 fully saturated rings. The normalized spacial score (nSPS) is 10.2. The molecule has 0 atom stereocenters. The number of hydrogen-bond donors (Lipinski definition) is 0. The third-order valence-electron chi connectivity index (χ3n) is 1.32. The average molecular weight is 254 g/mol. The zero-order valence-electron chi connectivity index (χ0n) is 7.36. The van der Waals surface area contributed by atoms with Crippen LogP contribution in [0.1, 0.15) is 20.8 Å². The van der Waals surface area contributed by atoms with Crippen molar-refractivity contribution in [1.29, 1.82) is 0 Å². The van der Waals surface area contributed by atoms with E-state index in [1.165, 1.54) is 0 Å². The van der Waals surface area contributed by atoms with E-state index in [2.05, 4.69) is 6.58 Å². The van der Waals surface area contributed by atoms with Gasteiger partial charge in [-0.15, -0.1) is 0 Å². The van der Waals surface area contributed by atoms with Crippen molar-refractivity contribution in [3.8, 4) is 0 Å². The van der Waals surface area contributed by atoms with Crippen molar-refractivity contribution in [3.63, 3.8) is 0 Å². The van der Waals surface area contributed by atoms with E-state index >= 15 is 0 Å². The van der Waals surface area contributed by atoms with Gasteiger partial charge in [-0.05, 0) is 13.8 Å². The van der Waals surface area contributed by atoms with Gasteiger partial charge in [-0.1, -0.05) is 6.58 Å². The zero-order chi connectivity index (χ0) is 8.31. The van der Waals surface area contributed by atoms with Gasteiger partial charge >= 0.3 is 5.78 Å². The van der Waals surface area contributed by atoms with E-state index in [9.17, 15) is 4.79 Å². The molecule has 0 amide bonds. The maximum atomic E-state index is 9.20. The molecule has 0 aromatic rings. The van der Waals surface area contributed by atoms with Crippen LogP contribution in [-0.2, 0) is 34.1 Å². The summed E-state index contributed by atoms with van der Waals surface area (Å²) in [5.41, 5.74) is 1.19. The predicted molar refractivity (Wildman–Crippen MR) is 43.7 cm³/mol. The monoisotopic (exact) mass is 254 g/mol. The van der Waals surface area contributed by atoms with Gasteiger partial charge in [-0.2, -0.15) is 0 Å². The van der Waals surface area contributed by atoms with E-state index in [1.54, 1.807) is 20.8 Å². The van der Waals surface area contributed by atoms with Gasteiger partial charge < -0.3 is 5.11 Å². The van der Waals surface area contributed by atoms with E-state index in [4.69, 9.17) is 5.11 Å². The van der Waals surface area contributed by atoms with Crippen molar-refractivity contribution in [2.24, 2.45) is 0 Å². The van der Waals surface area contributed by atoms with Gasteiger partial charge in [0.15, 0.2) is 0 Å². The molecule has 0 radical (unpaired) electrons. The Labute approximate surface area is 94.1 Å². The summed E-state index contributed by atoms with van der Waals surface area (Å²) in [4.78, 5) is 9.20. The Morgan fingerprint density at radius 1 is 1.17 bits per heavy atom. The van der Waals surface area contributed by atoms with Gasteiger partial charge in [-0.3, -0.25) is 4.79 Å². The summed E-state index contributed by atoms with van der Waals surface area (Å²) in [5, 5.41) is 7.17. The van der Waals surface area contributed by atoms with Crippen LogP contribution in [0.15, 0.2) is 23.5 Å². The molecule has 0 unspecified atom stereocenters. The van der Waals surface area contributed by atoms with Crippen LogP contribution in [0.2, 0.25) is 0 Å². The van der Waals surface area contributed by atoms with Gasteiger partial charge in [0.2, 0.25) is 5.76 Å². The number of hydrogen-bond acceptors (Lipinski definition) is 0. The molecule has 12 heavy (non-hydrogen) atoms. The summed E-state index contributed by atoms with van der Waals surface area (Å²) in [6.45, 7) is 8.60. The fraction of sp³-hybridized carbons (Fsp3) is 0.375. The molecule has 0 saturated heterocycles. The summed E-state index contributed by atoms with van der Waals surface area (Å²) in [6.07, 6.45) is 0. The van der Waals surface area contributed by atoms with Gasteiger partial charge in [0, 0.05) is 46.6 Å². The van der Waals surface area contributed by atoms with Crippen LogP contribution in [0.5, 0.6) is 0 Å². The third kappa shape index (κ3) is 5.62. The van der Waals surface area contributed by atoms with Crippen LogP contribution >= 0.6 is 0 Å². The number of allylic oxidation sites excluding steroid dienone is 3. The Hall–Kier alpha value is -0.0110. The number of carbonyl (C=O) groups excluding carboxylic acids is 1. The molecule has 2 nitrogen and oxygen atoms in total. The number of ketones is 1. The minimum atomic E-state index is 0. The largest absolute Gasteiger partial charge is 0.596 e. The van der Waals surface area contributed by atoms with E-state index in [1.807, 2.05) is 0 Å². The first-order chi connectivity index (χ1) is 4.46. The van der Waals surface area contributed by atoms with Crippen LogP contribution in [0, 0.1) is 0 Å². The molecule has 0 aliphatic rings. The topological polar surface area (TPSA) is 44.3 Å². The molecule has 0 aliphatic heterocycles. The Balaban J connectivity index is -0.000000405. The summed E-state index contributed by atoms with van der Waals surface area (Å²) >= 11 is 0. The van der Waals surface area contributed by atoms with Gasteiger partial charge in [0.05, 0.1) is 0 Å². The van der Waals surface area contributed by atoms with Crippen LogP contribution in [0.3, 0.4) is 0 Å². The van der Waals surface area contributed by atoms with Gasteiger partial charge in [0.1, 0.15) is 5.57 Å². The van der Waals surface area contributed by atoms with Crippen molar-refractivity contribution < 1.29 is 44.0 Å². The summed E-state index contributed by atoms with van der Waals surface area (Å²) in [7, 11) is 0. The Kier molecular flexibility index (Phi) is 11.4. The van der Waals surface area contributed by atoms with Crippen molar-refractivity contribution in [1.82, 2.24) is 0 Å². The maximum absolute atomic E-state index is 9.20. The predicted octanol–water partition coefficient (Wildman–Crippen LogP) is 1.12. The smallest absolute Gasteiger partial charge is 0.353 e. The van der Waals surface area contributed by atoms with Crippen molar-refractivity contribution in [3.05, 3.63) is 23.5 Å². The molecule has 3 N–H and O–H groups in total. The standard InChI is InChI=1S/C8H12O2.2Fe/c1-5(2)8(10)6(3)7(4)9;;/h9H,1H2,2-4H3;;/p+2. The summed E-state index contributed by atoms with van der Waals surface area (Å²) in [6, 6.07) is 0. The third-order valence-corrected chi connectivity index (χ3v) is 1.32. The van der Waals surface area contributed by atoms with Crippen LogP contribution in [0.4, 0.5) is 0 Å². The first-order valence-electron chi connectivity index (χ1n) is 3.08. The van der Waals surface area contributed by atoms with Gasteiger partial charge in [-0.25, -0.2) is 0 Å². The molecule has 0 aliphatic carbocycles. The van der Waals surface area contributed by atoms with Crippen molar-refractivity contribution in [2.75, 3.05) is 0 Å². The molecule has 0 rings (SSSR count). The molecular formula is C8H14Fe2O2+2. The van der Waals surface area contributed by atoms with Crippen LogP contribution < -0.4 is 0 Å². The molecule has 72 valence electrons. The quantitative estimate of drug-likeness (QED) is 0.307. The Morgan fingerprint density at radius 2 is 1.50 bits per heavy atom. The van der Waals surface area contributed by atoms with E-state index in [0.717, 1.165) is 0 Å². The molecule has 0 aromatic carbocycles. The minimum absolute atomic E-state index is 0. The van der Waals surface area contributed by atoms with Crippen LogP contribution in [-0.4, -0.2) is 15.7 Å². The van der Waals surface area contributed by atoms with Crippen molar-refractivity contribution >= 4 is 5.78 Å². The first-order valence-corrected chi connectivity index (χ1v) is 3.08. The fourth-order valence-corrected chi connectivity index (χ4v) is 0.498. The second-order valence-electron chi connectivity index (χ2n) is 2.38.